The molecule has 100 valence electrons. The van der Waals surface area contributed by atoms with Crippen molar-refractivity contribution in [2.24, 2.45) is 0 Å². The fourth-order valence-corrected chi connectivity index (χ4v) is 1.99. The Hall–Kier alpha value is -1.95. The van der Waals surface area contributed by atoms with Crippen LogP contribution >= 0.6 is 11.6 Å². The molecule has 0 aliphatic carbocycles. The second kappa shape index (κ2) is 4.62. The van der Waals surface area contributed by atoms with E-state index in [1.165, 1.54) is 18.5 Å². The summed E-state index contributed by atoms with van der Waals surface area (Å²) >= 11 is 6.00. The van der Waals surface area contributed by atoms with Crippen molar-refractivity contribution in [2.45, 2.75) is 26.3 Å². The minimum atomic E-state index is -1.24. The molecule has 1 aromatic heterocycles. The zero-order chi connectivity index (χ0) is 14.2. The highest BCUT2D eigenvalue weighted by molar-refractivity contribution is 6.30. The molecule has 0 aliphatic heterocycles. The molecule has 1 heterocycles. The SMILES string of the molecule is Cc1cc(Cl)cc(-c2nnnn2C(C)(C)C(=O)O)c1. The Labute approximate surface area is 115 Å². The third-order valence-electron chi connectivity index (χ3n) is 2.82. The zero-order valence-electron chi connectivity index (χ0n) is 10.8. The molecule has 0 bridgehead atoms. The average Bonchev–Trinajstić information content (AvgIpc) is 2.76. The van der Waals surface area contributed by atoms with Crippen LogP contribution in [-0.2, 0) is 10.3 Å². The van der Waals surface area contributed by atoms with E-state index in [-0.39, 0.29) is 0 Å². The number of carbonyl (C=O) groups is 1. The van der Waals surface area contributed by atoms with Crippen LogP contribution in [0.25, 0.3) is 11.4 Å². The molecule has 1 aromatic carbocycles. The highest BCUT2D eigenvalue weighted by Gasteiger charge is 2.33. The molecule has 0 amide bonds. The van der Waals surface area contributed by atoms with E-state index in [0.717, 1.165) is 5.56 Å². The molecule has 2 aromatic rings. The van der Waals surface area contributed by atoms with E-state index >= 15 is 0 Å². The molecule has 0 saturated carbocycles. The molecule has 0 atom stereocenters. The van der Waals surface area contributed by atoms with Crippen LogP contribution in [0.5, 0.6) is 0 Å². The predicted octanol–water partition coefficient (Wildman–Crippen LogP) is 2.12. The fraction of sp³-hybridized carbons (Fsp3) is 0.333. The van der Waals surface area contributed by atoms with E-state index in [1.807, 2.05) is 19.1 Å². The highest BCUT2D eigenvalue weighted by atomic mass is 35.5. The van der Waals surface area contributed by atoms with Gasteiger partial charge in [0.05, 0.1) is 0 Å². The molecular weight excluding hydrogens is 268 g/mol. The van der Waals surface area contributed by atoms with Crippen molar-refractivity contribution in [3.8, 4) is 11.4 Å². The van der Waals surface area contributed by atoms with Gasteiger partial charge in [0, 0.05) is 10.6 Å². The predicted molar refractivity (Wildman–Crippen MR) is 70.0 cm³/mol. The second-order valence-electron chi connectivity index (χ2n) is 4.80. The van der Waals surface area contributed by atoms with Crippen molar-refractivity contribution < 1.29 is 9.90 Å². The van der Waals surface area contributed by atoms with Crippen LogP contribution in [0.4, 0.5) is 0 Å². The summed E-state index contributed by atoms with van der Waals surface area (Å²) in [6, 6.07) is 5.36. The lowest BCUT2D eigenvalue weighted by Crippen LogP contribution is -2.37. The first-order chi connectivity index (χ1) is 8.82. The Kier molecular flexibility index (Phi) is 3.28. The van der Waals surface area contributed by atoms with Gasteiger partial charge in [-0.05, 0) is 55.0 Å². The first-order valence-electron chi connectivity index (χ1n) is 5.62. The maximum atomic E-state index is 11.3. The Bertz CT molecular complexity index is 616. The summed E-state index contributed by atoms with van der Waals surface area (Å²) in [4.78, 5) is 11.3. The zero-order valence-corrected chi connectivity index (χ0v) is 11.5. The van der Waals surface area contributed by atoms with Crippen LogP contribution in [0.2, 0.25) is 5.02 Å². The summed E-state index contributed by atoms with van der Waals surface area (Å²) in [5, 5.41) is 21.0. The summed E-state index contributed by atoms with van der Waals surface area (Å²) in [5.41, 5.74) is 0.393. The lowest BCUT2D eigenvalue weighted by Gasteiger charge is -2.20. The van der Waals surface area contributed by atoms with Crippen LogP contribution in [0.1, 0.15) is 19.4 Å². The summed E-state index contributed by atoms with van der Waals surface area (Å²) in [6.07, 6.45) is 0. The molecule has 0 fully saturated rings. The van der Waals surface area contributed by atoms with Crippen molar-refractivity contribution in [1.29, 1.82) is 0 Å². The van der Waals surface area contributed by atoms with E-state index < -0.39 is 11.5 Å². The van der Waals surface area contributed by atoms with Crippen molar-refractivity contribution >= 4 is 17.6 Å². The number of carboxylic acids is 1. The normalized spacial score (nSPS) is 11.6. The standard InChI is InChI=1S/C12H13ClN4O2/c1-7-4-8(6-9(13)5-7)10-14-15-16-17(10)12(2,3)11(18)19/h4-6H,1-3H3,(H,18,19). The monoisotopic (exact) mass is 280 g/mol. The highest BCUT2D eigenvalue weighted by Crippen LogP contribution is 2.26. The molecule has 2 rings (SSSR count). The Morgan fingerprint density at radius 1 is 1.37 bits per heavy atom. The van der Waals surface area contributed by atoms with Gasteiger partial charge in [-0.15, -0.1) is 5.10 Å². The minimum absolute atomic E-state index is 0.373. The number of halogens is 1. The van der Waals surface area contributed by atoms with Gasteiger partial charge in [0.25, 0.3) is 0 Å². The van der Waals surface area contributed by atoms with Gasteiger partial charge in [-0.3, -0.25) is 0 Å². The number of benzene rings is 1. The molecule has 0 saturated heterocycles. The molecule has 0 unspecified atom stereocenters. The fourth-order valence-electron chi connectivity index (χ4n) is 1.70. The van der Waals surface area contributed by atoms with E-state index in [0.29, 0.717) is 16.4 Å². The number of hydrogen-bond donors (Lipinski definition) is 1. The van der Waals surface area contributed by atoms with E-state index in [2.05, 4.69) is 15.5 Å². The van der Waals surface area contributed by atoms with Gasteiger partial charge in [0.1, 0.15) is 0 Å². The molecule has 0 radical (unpaired) electrons. The summed E-state index contributed by atoms with van der Waals surface area (Å²) < 4.78 is 1.28. The molecule has 6 nitrogen and oxygen atoms in total. The smallest absolute Gasteiger partial charge is 0.331 e. The van der Waals surface area contributed by atoms with E-state index in [1.54, 1.807) is 6.07 Å². The first kappa shape index (κ1) is 13.5. The Morgan fingerprint density at radius 2 is 2.05 bits per heavy atom. The Balaban J connectivity index is 2.59. The van der Waals surface area contributed by atoms with Gasteiger partial charge in [0.2, 0.25) is 0 Å². The number of aliphatic carboxylic acids is 1. The molecular formula is C12H13ClN4O2. The third kappa shape index (κ3) is 2.44. The molecule has 7 heteroatoms. The number of aromatic nitrogens is 4. The summed E-state index contributed by atoms with van der Waals surface area (Å²) in [7, 11) is 0. The van der Waals surface area contributed by atoms with Crippen molar-refractivity contribution in [3.63, 3.8) is 0 Å². The summed E-state index contributed by atoms with van der Waals surface area (Å²) in [6.45, 7) is 4.96. The average molecular weight is 281 g/mol. The first-order valence-corrected chi connectivity index (χ1v) is 6.00. The topological polar surface area (TPSA) is 80.9 Å². The maximum absolute atomic E-state index is 11.3. The van der Waals surface area contributed by atoms with Crippen LogP contribution in [-0.4, -0.2) is 31.3 Å². The van der Waals surface area contributed by atoms with Crippen molar-refractivity contribution in [1.82, 2.24) is 20.2 Å². The van der Waals surface area contributed by atoms with Crippen LogP contribution in [0.3, 0.4) is 0 Å². The number of rotatable bonds is 3. The number of hydrogen-bond acceptors (Lipinski definition) is 4. The largest absolute Gasteiger partial charge is 0.479 e. The lowest BCUT2D eigenvalue weighted by molar-refractivity contribution is -0.146. The number of tetrazole rings is 1. The van der Waals surface area contributed by atoms with E-state index in [9.17, 15) is 9.90 Å². The van der Waals surface area contributed by atoms with Crippen LogP contribution in [0.15, 0.2) is 18.2 Å². The molecule has 1 N–H and O–H groups in total. The van der Waals surface area contributed by atoms with Gasteiger partial charge in [0.15, 0.2) is 11.4 Å². The maximum Gasteiger partial charge on any atom is 0.331 e. The van der Waals surface area contributed by atoms with Crippen LogP contribution in [0, 0.1) is 6.92 Å². The van der Waals surface area contributed by atoms with Gasteiger partial charge in [-0.25, -0.2) is 9.48 Å². The van der Waals surface area contributed by atoms with Gasteiger partial charge < -0.3 is 5.11 Å². The molecule has 0 aliphatic rings. The molecule has 19 heavy (non-hydrogen) atoms. The third-order valence-corrected chi connectivity index (χ3v) is 3.04. The van der Waals surface area contributed by atoms with Gasteiger partial charge >= 0.3 is 5.97 Å². The lowest BCUT2D eigenvalue weighted by atomic mass is 10.1. The van der Waals surface area contributed by atoms with E-state index in [4.69, 9.17) is 11.6 Å². The molecule has 0 spiro atoms. The van der Waals surface area contributed by atoms with Crippen LogP contribution < -0.4 is 0 Å². The second-order valence-corrected chi connectivity index (χ2v) is 5.23. The van der Waals surface area contributed by atoms with Gasteiger partial charge in [-0.2, -0.15) is 0 Å². The minimum Gasteiger partial charge on any atom is -0.479 e. The van der Waals surface area contributed by atoms with Gasteiger partial charge in [-0.1, -0.05) is 11.6 Å². The Morgan fingerprint density at radius 3 is 2.63 bits per heavy atom. The number of nitrogens with zero attached hydrogens (tertiary/aromatic N) is 4. The number of carboxylic acid groups (broad SMARTS) is 1. The quantitative estimate of drug-likeness (QED) is 0.931. The van der Waals surface area contributed by atoms with Crippen molar-refractivity contribution in [2.75, 3.05) is 0 Å². The summed E-state index contributed by atoms with van der Waals surface area (Å²) in [5.74, 6) is -0.641. The number of aryl methyl sites for hydroxylation is 1. The van der Waals surface area contributed by atoms with Crippen molar-refractivity contribution in [3.05, 3.63) is 28.8 Å².